The fraction of sp³-hybridized carbons (Fsp3) is 0. The summed E-state index contributed by atoms with van der Waals surface area (Å²) in [5.41, 5.74) is 5.88. The summed E-state index contributed by atoms with van der Waals surface area (Å²) < 4.78 is 13.8. The number of amides is 1. The maximum atomic E-state index is 13.1. The third-order valence-electron chi connectivity index (χ3n) is 2.31. The zero-order valence-corrected chi connectivity index (χ0v) is 11.8. The molecule has 19 heavy (non-hydrogen) atoms. The van der Waals surface area contributed by atoms with Gasteiger partial charge in [-0.15, -0.1) is 0 Å². The fourth-order valence-electron chi connectivity index (χ4n) is 1.41. The van der Waals surface area contributed by atoms with Crippen LogP contribution in [0.25, 0.3) is 0 Å². The molecule has 7 heteroatoms. The lowest BCUT2D eigenvalue weighted by atomic mass is 10.2. The number of hydrogen-bond acceptors (Lipinski definition) is 3. The predicted octanol–water partition coefficient (Wildman–Crippen LogP) is 3.47. The van der Waals surface area contributed by atoms with Crippen molar-refractivity contribution in [3.63, 3.8) is 0 Å². The molecule has 0 spiro atoms. The third-order valence-corrected chi connectivity index (χ3v) is 3.13. The van der Waals surface area contributed by atoms with Gasteiger partial charge in [-0.3, -0.25) is 4.79 Å². The van der Waals surface area contributed by atoms with Crippen LogP contribution in [0.3, 0.4) is 0 Å². The molecule has 1 aromatic heterocycles. The van der Waals surface area contributed by atoms with Crippen molar-refractivity contribution < 1.29 is 9.18 Å². The van der Waals surface area contributed by atoms with Crippen molar-refractivity contribution in [2.24, 2.45) is 0 Å². The molecule has 0 saturated heterocycles. The molecule has 0 aliphatic heterocycles. The first kappa shape index (κ1) is 13.8. The van der Waals surface area contributed by atoms with Crippen LogP contribution in [0.2, 0.25) is 5.02 Å². The van der Waals surface area contributed by atoms with Gasteiger partial charge in [-0.25, -0.2) is 9.37 Å². The molecule has 4 nitrogen and oxygen atoms in total. The molecule has 0 atom stereocenters. The molecule has 1 heterocycles. The highest BCUT2D eigenvalue weighted by Crippen LogP contribution is 2.26. The van der Waals surface area contributed by atoms with E-state index in [-0.39, 0.29) is 11.4 Å². The lowest BCUT2D eigenvalue weighted by Gasteiger charge is -2.09. The second-order valence-corrected chi connectivity index (χ2v) is 4.99. The highest BCUT2D eigenvalue weighted by molar-refractivity contribution is 9.10. The van der Waals surface area contributed by atoms with E-state index >= 15 is 0 Å². The summed E-state index contributed by atoms with van der Waals surface area (Å²) in [5.74, 6) is -1.27. The van der Waals surface area contributed by atoms with E-state index in [1.165, 1.54) is 0 Å². The van der Waals surface area contributed by atoms with Gasteiger partial charge in [0.05, 0.1) is 22.5 Å². The van der Waals surface area contributed by atoms with Gasteiger partial charge < -0.3 is 11.1 Å². The number of hydrogen-bond donors (Lipinski definition) is 2. The number of nitrogens with one attached hydrogen (secondary N) is 1. The van der Waals surface area contributed by atoms with E-state index in [0.717, 1.165) is 16.7 Å². The molecule has 1 aromatic carbocycles. The molecule has 2 aromatic rings. The van der Waals surface area contributed by atoms with Gasteiger partial charge in [-0.2, -0.15) is 0 Å². The van der Waals surface area contributed by atoms with Crippen LogP contribution in [0, 0.1) is 5.82 Å². The van der Waals surface area contributed by atoms with Crippen LogP contribution in [-0.4, -0.2) is 10.9 Å². The van der Waals surface area contributed by atoms with Gasteiger partial charge in [0.15, 0.2) is 0 Å². The van der Waals surface area contributed by atoms with Crippen LogP contribution in [0.15, 0.2) is 34.9 Å². The van der Waals surface area contributed by atoms with Crippen LogP contribution in [0.5, 0.6) is 0 Å². The molecule has 0 fully saturated rings. The van der Waals surface area contributed by atoms with Crippen LogP contribution in [0.1, 0.15) is 10.4 Å². The normalized spacial score (nSPS) is 10.3. The number of nitrogens with two attached hydrogens (primary N) is 1. The van der Waals surface area contributed by atoms with Gasteiger partial charge >= 0.3 is 0 Å². The Bertz CT molecular complexity index is 651. The minimum Gasteiger partial charge on any atom is -0.383 e. The van der Waals surface area contributed by atoms with Crippen LogP contribution >= 0.6 is 27.5 Å². The van der Waals surface area contributed by atoms with Gasteiger partial charge in [0, 0.05) is 4.47 Å². The Kier molecular flexibility index (Phi) is 4.01. The molecule has 0 saturated carbocycles. The SMILES string of the molecule is Nc1ncc(F)cc1C(=O)Nc1cc(Br)ccc1Cl. The monoisotopic (exact) mass is 343 g/mol. The number of rotatable bonds is 2. The molecular formula is C12H8BrClFN3O. The second kappa shape index (κ2) is 5.54. The lowest BCUT2D eigenvalue weighted by molar-refractivity contribution is 0.102. The summed E-state index contributed by atoms with van der Waals surface area (Å²) >= 11 is 9.20. The molecule has 3 N–H and O–H groups in total. The van der Waals surface area contributed by atoms with Crippen molar-refractivity contribution in [2.75, 3.05) is 11.1 Å². The first-order valence-electron chi connectivity index (χ1n) is 5.15. The fourth-order valence-corrected chi connectivity index (χ4v) is 1.94. The van der Waals surface area contributed by atoms with Gasteiger partial charge in [-0.05, 0) is 24.3 Å². The Morgan fingerprint density at radius 2 is 2.16 bits per heavy atom. The van der Waals surface area contributed by atoms with Crippen molar-refractivity contribution in [1.29, 1.82) is 0 Å². The first-order valence-corrected chi connectivity index (χ1v) is 6.32. The zero-order valence-electron chi connectivity index (χ0n) is 9.45. The van der Waals surface area contributed by atoms with Gasteiger partial charge in [0.2, 0.25) is 0 Å². The van der Waals surface area contributed by atoms with Crippen molar-refractivity contribution in [3.8, 4) is 0 Å². The molecule has 0 bridgehead atoms. The van der Waals surface area contributed by atoms with E-state index in [2.05, 4.69) is 26.2 Å². The summed E-state index contributed by atoms with van der Waals surface area (Å²) in [7, 11) is 0. The van der Waals surface area contributed by atoms with Crippen molar-refractivity contribution in [1.82, 2.24) is 4.98 Å². The van der Waals surface area contributed by atoms with Gasteiger partial charge in [0.25, 0.3) is 5.91 Å². The largest absolute Gasteiger partial charge is 0.383 e. The quantitative estimate of drug-likeness (QED) is 0.876. The Hall–Kier alpha value is -1.66. The predicted molar refractivity (Wildman–Crippen MR) is 75.7 cm³/mol. The Labute approximate surface area is 121 Å². The molecule has 1 amide bonds. The molecule has 0 aliphatic rings. The Balaban J connectivity index is 2.30. The minimum absolute atomic E-state index is 0.0453. The molecule has 0 unspecified atom stereocenters. The van der Waals surface area contributed by atoms with Crippen LogP contribution < -0.4 is 11.1 Å². The maximum absolute atomic E-state index is 13.1. The smallest absolute Gasteiger partial charge is 0.259 e. The van der Waals surface area contributed by atoms with Crippen molar-refractivity contribution in [3.05, 3.63) is 51.3 Å². The number of nitrogen functional groups attached to an aromatic ring is 1. The van der Waals surface area contributed by atoms with E-state index < -0.39 is 11.7 Å². The van der Waals surface area contributed by atoms with Crippen molar-refractivity contribution in [2.45, 2.75) is 0 Å². The minimum atomic E-state index is -0.639. The number of nitrogens with zero attached hydrogens (tertiary/aromatic N) is 1. The average molecular weight is 345 g/mol. The van der Waals surface area contributed by atoms with Crippen molar-refractivity contribution >= 4 is 44.9 Å². The van der Waals surface area contributed by atoms with E-state index in [4.69, 9.17) is 17.3 Å². The van der Waals surface area contributed by atoms with Gasteiger partial charge in [0.1, 0.15) is 11.6 Å². The van der Waals surface area contributed by atoms with E-state index in [9.17, 15) is 9.18 Å². The maximum Gasteiger partial charge on any atom is 0.259 e. The molecule has 2 rings (SSSR count). The third kappa shape index (κ3) is 3.21. The van der Waals surface area contributed by atoms with E-state index in [1.54, 1.807) is 18.2 Å². The highest BCUT2D eigenvalue weighted by Gasteiger charge is 2.13. The van der Waals surface area contributed by atoms with Gasteiger partial charge in [-0.1, -0.05) is 27.5 Å². The second-order valence-electron chi connectivity index (χ2n) is 3.66. The topological polar surface area (TPSA) is 68.0 Å². The lowest BCUT2D eigenvalue weighted by Crippen LogP contribution is -2.15. The zero-order chi connectivity index (χ0) is 14.0. The molecule has 98 valence electrons. The highest BCUT2D eigenvalue weighted by atomic mass is 79.9. The standard InChI is InChI=1S/C12H8BrClFN3O/c13-6-1-2-9(14)10(3-6)18-12(19)8-4-7(15)5-17-11(8)16/h1-5H,(H2,16,17)(H,18,19). The molecule has 0 aliphatic carbocycles. The number of carbonyl (C=O) groups excluding carboxylic acids is 1. The Morgan fingerprint density at radius 3 is 2.89 bits per heavy atom. The molecular weight excluding hydrogens is 337 g/mol. The number of aromatic nitrogens is 1. The van der Waals surface area contributed by atoms with Crippen LogP contribution in [0.4, 0.5) is 15.9 Å². The number of anilines is 2. The number of carbonyl (C=O) groups is 1. The Morgan fingerprint density at radius 1 is 1.42 bits per heavy atom. The number of benzene rings is 1. The molecule has 0 radical (unpaired) electrons. The average Bonchev–Trinajstić information content (AvgIpc) is 2.36. The van der Waals surface area contributed by atoms with Crippen LogP contribution in [-0.2, 0) is 0 Å². The summed E-state index contributed by atoms with van der Waals surface area (Å²) in [6, 6.07) is 6.00. The summed E-state index contributed by atoms with van der Waals surface area (Å²) in [5, 5.41) is 2.91. The summed E-state index contributed by atoms with van der Waals surface area (Å²) in [4.78, 5) is 15.6. The number of halogens is 3. The summed E-state index contributed by atoms with van der Waals surface area (Å²) in [6.07, 6.45) is 0.943. The van der Waals surface area contributed by atoms with E-state index in [1.807, 2.05) is 0 Å². The van der Waals surface area contributed by atoms with E-state index in [0.29, 0.717) is 10.7 Å². The number of pyridine rings is 1. The first-order chi connectivity index (χ1) is 8.97. The summed E-state index contributed by atoms with van der Waals surface area (Å²) in [6.45, 7) is 0.